The number of aromatic carboxylic acids is 1. The van der Waals surface area contributed by atoms with Gasteiger partial charge in [-0.3, -0.25) is 0 Å². The van der Waals surface area contributed by atoms with Crippen LogP contribution in [-0.4, -0.2) is 26.0 Å². The molecule has 1 aromatic carbocycles. The number of hydrogen-bond acceptors (Lipinski definition) is 3. The second kappa shape index (κ2) is 4.78. The van der Waals surface area contributed by atoms with Crippen LogP contribution in [0.4, 0.5) is 4.39 Å². The zero-order valence-corrected chi connectivity index (χ0v) is 12.1. The summed E-state index contributed by atoms with van der Waals surface area (Å²) in [5.41, 5.74) is -0.201. The standard InChI is InChI=1S/C14H16FNO4S/c15-11-7-9(13(17)18)1-4-12(11)21(19,20)16-8-14(5-6-14)10-2-3-10/h1,4,7,10,16H,2-3,5-6,8H2,(H,17,18). The van der Waals surface area contributed by atoms with E-state index in [1.807, 2.05) is 0 Å². The maximum atomic E-state index is 13.8. The van der Waals surface area contributed by atoms with Crippen molar-refractivity contribution in [1.29, 1.82) is 0 Å². The number of carboxylic acid groups (broad SMARTS) is 1. The van der Waals surface area contributed by atoms with E-state index in [2.05, 4.69) is 4.72 Å². The SMILES string of the molecule is O=C(O)c1ccc(S(=O)(=O)NCC2(C3CC3)CC2)c(F)c1. The van der Waals surface area contributed by atoms with Gasteiger partial charge in [0.25, 0.3) is 0 Å². The van der Waals surface area contributed by atoms with Gasteiger partial charge < -0.3 is 5.11 Å². The molecule has 0 bridgehead atoms. The lowest BCUT2D eigenvalue weighted by Gasteiger charge is -2.15. The number of halogens is 1. The van der Waals surface area contributed by atoms with Gasteiger partial charge in [0.15, 0.2) is 0 Å². The predicted molar refractivity (Wildman–Crippen MR) is 72.9 cm³/mol. The molecule has 5 nitrogen and oxygen atoms in total. The van der Waals surface area contributed by atoms with Gasteiger partial charge in [-0.1, -0.05) is 0 Å². The second-order valence-corrected chi connectivity index (χ2v) is 7.65. The summed E-state index contributed by atoms with van der Waals surface area (Å²) in [4.78, 5) is 10.2. The molecule has 0 aliphatic heterocycles. The molecule has 0 heterocycles. The van der Waals surface area contributed by atoms with Crippen molar-refractivity contribution in [3.8, 4) is 0 Å². The molecule has 0 radical (unpaired) electrons. The Morgan fingerprint density at radius 3 is 2.52 bits per heavy atom. The van der Waals surface area contributed by atoms with Crippen LogP contribution in [0.1, 0.15) is 36.0 Å². The van der Waals surface area contributed by atoms with Gasteiger partial charge in [0.2, 0.25) is 10.0 Å². The Labute approximate surface area is 122 Å². The topological polar surface area (TPSA) is 83.5 Å². The average molecular weight is 313 g/mol. The number of sulfonamides is 1. The highest BCUT2D eigenvalue weighted by Crippen LogP contribution is 2.60. The third-order valence-electron chi connectivity index (χ3n) is 4.42. The van der Waals surface area contributed by atoms with Gasteiger partial charge in [-0.05, 0) is 55.2 Å². The van der Waals surface area contributed by atoms with Crippen LogP contribution >= 0.6 is 0 Å². The first kappa shape index (κ1) is 14.5. The fraction of sp³-hybridized carbons (Fsp3) is 0.500. The Kier molecular flexibility index (Phi) is 3.29. The van der Waals surface area contributed by atoms with E-state index in [4.69, 9.17) is 5.11 Å². The highest BCUT2D eigenvalue weighted by Gasteiger charge is 2.53. The number of benzene rings is 1. The monoisotopic (exact) mass is 313 g/mol. The summed E-state index contributed by atoms with van der Waals surface area (Å²) in [5, 5.41) is 8.76. The van der Waals surface area contributed by atoms with Gasteiger partial charge in [0, 0.05) is 6.54 Å². The van der Waals surface area contributed by atoms with Crippen molar-refractivity contribution in [2.24, 2.45) is 11.3 Å². The van der Waals surface area contributed by atoms with Crippen molar-refractivity contribution >= 4 is 16.0 Å². The van der Waals surface area contributed by atoms with Gasteiger partial charge in [-0.2, -0.15) is 0 Å². The van der Waals surface area contributed by atoms with Crippen molar-refractivity contribution in [3.05, 3.63) is 29.6 Å². The smallest absolute Gasteiger partial charge is 0.335 e. The van der Waals surface area contributed by atoms with Gasteiger partial charge >= 0.3 is 5.97 Å². The molecule has 2 aliphatic rings. The molecule has 0 aromatic heterocycles. The molecule has 2 N–H and O–H groups in total. The quantitative estimate of drug-likeness (QED) is 0.841. The predicted octanol–water partition coefficient (Wildman–Crippen LogP) is 1.99. The van der Waals surface area contributed by atoms with Crippen molar-refractivity contribution < 1.29 is 22.7 Å². The molecule has 0 amide bonds. The maximum Gasteiger partial charge on any atom is 0.335 e. The Morgan fingerprint density at radius 2 is 2.05 bits per heavy atom. The van der Waals surface area contributed by atoms with Crippen molar-refractivity contribution in [1.82, 2.24) is 4.72 Å². The third-order valence-corrected chi connectivity index (χ3v) is 5.85. The Balaban J connectivity index is 1.76. The first-order valence-electron chi connectivity index (χ1n) is 6.87. The molecule has 2 fully saturated rings. The van der Waals surface area contributed by atoms with Crippen LogP contribution < -0.4 is 4.72 Å². The van der Waals surface area contributed by atoms with E-state index < -0.39 is 26.7 Å². The summed E-state index contributed by atoms with van der Waals surface area (Å²) in [6.07, 6.45) is 4.31. The molecule has 0 unspecified atom stereocenters. The van der Waals surface area contributed by atoms with Crippen LogP contribution in [-0.2, 0) is 10.0 Å². The van der Waals surface area contributed by atoms with Crippen LogP contribution in [0.5, 0.6) is 0 Å². The molecule has 114 valence electrons. The molecule has 7 heteroatoms. The summed E-state index contributed by atoms with van der Waals surface area (Å²) in [5.74, 6) is -1.74. The minimum atomic E-state index is -3.95. The van der Waals surface area contributed by atoms with Gasteiger partial charge in [-0.15, -0.1) is 0 Å². The van der Waals surface area contributed by atoms with Crippen molar-refractivity contribution in [3.63, 3.8) is 0 Å². The van der Waals surface area contributed by atoms with Crippen molar-refractivity contribution in [2.75, 3.05) is 6.54 Å². The number of hydrogen-bond donors (Lipinski definition) is 2. The molecule has 0 atom stereocenters. The van der Waals surface area contributed by atoms with E-state index >= 15 is 0 Å². The van der Waals surface area contributed by atoms with Crippen LogP contribution in [0.2, 0.25) is 0 Å². The normalized spacial score (nSPS) is 20.2. The molecular weight excluding hydrogens is 297 g/mol. The molecule has 2 saturated carbocycles. The minimum absolute atomic E-state index is 0.0740. The van der Waals surface area contributed by atoms with Crippen LogP contribution in [0, 0.1) is 17.2 Å². The van der Waals surface area contributed by atoms with E-state index in [1.54, 1.807) is 0 Å². The Bertz CT molecular complexity index is 693. The molecule has 0 spiro atoms. The molecule has 2 aliphatic carbocycles. The molecule has 1 aromatic rings. The van der Waals surface area contributed by atoms with Crippen LogP contribution in [0.25, 0.3) is 0 Å². The lowest BCUT2D eigenvalue weighted by Crippen LogP contribution is -2.31. The summed E-state index contributed by atoms with van der Waals surface area (Å²) >= 11 is 0. The molecular formula is C14H16FNO4S. The first-order chi connectivity index (χ1) is 9.84. The largest absolute Gasteiger partial charge is 0.478 e. The minimum Gasteiger partial charge on any atom is -0.478 e. The number of carbonyl (C=O) groups is 1. The molecule has 3 rings (SSSR count). The van der Waals surface area contributed by atoms with E-state index in [9.17, 15) is 17.6 Å². The summed E-state index contributed by atoms with van der Waals surface area (Å²) in [6.45, 7) is 0.333. The Morgan fingerprint density at radius 1 is 1.38 bits per heavy atom. The van der Waals surface area contributed by atoms with Crippen molar-refractivity contribution in [2.45, 2.75) is 30.6 Å². The lowest BCUT2D eigenvalue weighted by molar-refractivity contribution is 0.0696. The first-order valence-corrected chi connectivity index (χ1v) is 8.35. The van der Waals surface area contributed by atoms with E-state index in [0.717, 1.165) is 43.9 Å². The van der Waals surface area contributed by atoms with Gasteiger partial charge in [0.05, 0.1) is 5.56 Å². The summed E-state index contributed by atoms with van der Waals surface area (Å²) in [7, 11) is -3.95. The number of nitrogens with one attached hydrogen (secondary N) is 1. The molecule has 0 saturated heterocycles. The zero-order valence-electron chi connectivity index (χ0n) is 11.3. The fourth-order valence-electron chi connectivity index (χ4n) is 2.75. The second-order valence-electron chi connectivity index (χ2n) is 5.91. The maximum absolute atomic E-state index is 13.8. The van der Waals surface area contributed by atoms with E-state index in [1.165, 1.54) is 0 Å². The van der Waals surface area contributed by atoms with Gasteiger partial charge in [0.1, 0.15) is 10.7 Å². The summed E-state index contributed by atoms with van der Waals surface area (Å²) < 4.78 is 40.6. The highest BCUT2D eigenvalue weighted by atomic mass is 32.2. The lowest BCUT2D eigenvalue weighted by atomic mass is 10.0. The summed E-state index contributed by atoms with van der Waals surface area (Å²) in [6, 6.07) is 2.82. The third kappa shape index (κ3) is 2.80. The van der Waals surface area contributed by atoms with Crippen LogP contribution in [0.15, 0.2) is 23.1 Å². The average Bonchev–Trinajstić information content (AvgIpc) is 3.26. The van der Waals surface area contributed by atoms with Crippen LogP contribution in [0.3, 0.4) is 0 Å². The van der Waals surface area contributed by atoms with E-state index in [0.29, 0.717) is 12.5 Å². The fourth-order valence-corrected chi connectivity index (χ4v) is 3.95. The molecule has 21 heavy (non-hydrogen) atoms. The number of carboxylic acids is 1. The van der Waals surface area contributed by atoms with E-state index in [-0.39, 0.29) is 11.0 Å². The zero-order chi connectivity index (χ0) is 15.3. The van der Waals surface area contributed by atoms with Gasteiger partial charge in [-0.25, -0.2) is 22.3 Å². The number of rotatable bonds is 6. The Hall–Kier alpha value is -1.47. The highest BCUT2D eigenvalue weighted by molar-refractivity contribution is 7.89.